The molecule has 2 aromatic rings. The molecule has 0 saturated heterocycles. The molecule has 0 aliphatic carbocycles. The maximum atomic E-state index is 3.44. The molecule has 0 aliphatic heterocycles. The fourth-order valence-electron chi connectivity index (χ4n) is 1.89. The molecule has 1 heterocycles. The van der Waals surface area contributed by atoms with Crippen LogP contribution in [-0.4, -0.2) is 24.1 Å². The van der Waals surface area contributed by atoms with Crippen LogP contribution in [0, 0.1) is 0 Å². The summed E-state index contributed by atoms with van der Waals surface area (Å²) in [6.45, 7) is 7.27. The molecule has 3 N–H and O–H groups in total. The van der Waals surface area contributed by atoms with Crippen LogP contribution in [0.3, 0.4) is 0 Å². The number of aromatic amines is 1. The van der Waals surface area contributed by atoms with Gasteiger partial charge >= 0.3 is 0 Å². The summed E-state index contributed by atoms with van der Waals surface area (Å²) < 4.78 is 0. The van der Waals surface area contributed by atoms with E-state index in [0.717, 1.165) is 19.6 Å². The Balaban J connectivity index is 1.78. The summed E-state index contributed by atoms with van der Waals surface area (Å²) >= 11 is 0. The zero-order valence-electron chi connectivity index (χ0n) is 10.6. The van der Waals surface area contributed by atoms with Crippen LogP contribution >= 0.6 is 0 Å². The van der Waals surface area contributed by atoms with Gasteiger partial charge in [0, 0.05) is 37.4 Å². The predicted octanol–water partition coefficient (Wildman–Crippen LogP) is 2.26. The molecule has 0 aliphatic rings. The number of aromatic nitrogens is 1. The number of fused-ring (bicyclic) bond motifs is 1. The van der Waals surface area contributed by atoms with Gasteiger partial charge in [-0.1, -0.05) is 26.0 Å². The summed E-state index contributed by atoms with van der Waals surface area (Å²) in [6, 6.07) is 9.21. The molecule has 0 radical (unpaired) electrons. The smallest absolute Gasteiger partial charge is 0.0457 e. The molecule has 3 nitrogen and oxygen atoms in total. The maximum Gasteiger partial charge on any atom is 0.0457 e. The van der Waals surface area contributed by atoms with Crippen LogP contribution < -0.4 is 10.6 Å². The van der Waals surface area contributed by atoms with E-state index in [2.05, 4.69) is 53.7 Å². The number of nitrogens with one attached hydrogen (secondary N) is 3. The Hall–Kier alpha value is -1.32. The normalized spacial score (nSPS) is 11.5. The fraction of sp³-hybridized carbons (Fsp3) is 0.429. The first-order valence-electron chi connectivity index (χ1n) is 6.26. The number of hydrogen-bond acceptors (Lipinski definition) is 2. The molecule has 0 bridgehead atoms. The summed E-state index contributed by atoms with van der Waals surface area (Å²) in [5.74, 6) is 0. The highest BCUT2D eigenvalue weighted by Crippen LogP contribution is 2.13. The lowest BCUT2D eigenvalue weighted by Crippen LogP contribution is -2.31. The van der Waals surface area contributed by atoms with Crippen molar-refractivity contribution in [3.05, 3.63) is 36.0 Å². The van der Waals surface area contributed by atoms with Gasteiger partial charge in [-0.25, -0.2) is 0 Å². The second kappa shape index (κ2) is 5.84. The Morgan fingerprint density at radius 2 is 2.06 bits per heavy atom. The van der Waals surface area contributed by atoms with Crippen molar-refractivity contribution in [1.82, 2.24) is 15.6 Å². The minimum absolute atomic E-state index is 0.562. The van der Waals surface area contributed by atoms with E-state index in [0.29, 0.717) is 6.04 Å². The van der Waals surface area contributed by atoms with Crippen molar-refractivity contribution in [2.45, 2.75) is 26.4 Å². The third-order valence-corrected chi connectivity index (χ3v) is 2.80. The van der Waals surface area contributed by atoms with Gasteiger partial charge in [-0.3, -0.25) is 0 Å². The molecule has 0 unspecified atom stereocenters. The molecular formula is C14H21N3. The third kappa shape index (κ3) is 3.58. The molecule has 0 saturated carbocycles. The van der Waals surface area contributed by atoms with Crippen LogP contribution in [0.15, 0.2) is 30.5 Å². The van der Waals surface area contributed by atoms with Gasteiger partial charge in [0.15, 0.2) is 0 Å². The van der Waals surface area contributed by atoms with Crippen LogP contribution in [-0.2, 0) is 6.54 Å². The van der Waals surface area contributed by atoms with Gasteiger partial charge in [-0.05, 0) is 23.1 Å². The maximum absolute atomic E-state index is 3.44. The van der Waals surface area contributed by atoms with E-state index in [-0.39, 0.29) is 0 Å². The SMILES string of the molecule is CC(C)NCCNCc1ccc2cc[nH]c2c1. The van der Waals surface area contributed by atoms with Crippen molar-refractivity contribution in [3.8, 4) is 0 Å². The molecule has 0 amide bonds. The van der Waals surface area contributed by atoms with Crippen molar-refractivity contribution in [2.24, 2.45) is 0 Å². The van der Waals surface area contributed by atoms with Gasteiger partial charge in [0.1, 0.15) is 0 Å². The Kier molecular flexibility index (Phi) is 4.18. The first-order valence-corrected chi connectivity index (χ1v) is 6.26. The van der Waals surface area contributed by atoms with E-state index in [1.807, 2.05) is 6.20 Å². The average molecular weight is 231 g/mol. The van der Waals surface area contributed by atoms with Crippen molar-refractivity contribution in [1.29, 1.82) is 0 Å². The Morgan fingerprint density at radius 3 is 2.88 bits per heavy atom. The van der Waals surface area contributed by atoms with Crippen molar-refractivity contribution in [3.63, 3.8) is 0 Å². The summed E-state index contributed by atoms with van der Waals surface area (Å²) in [4.78, 5) is 3.24. The van der Waals surface area contributed by atoms with Gasteiger partial charge in [0.2, 0.25) is 0 Å². The quantitative estimate of drug-likeness (QED) is 0.667. The first-order chi connectivity index (χ1) is 8.25. The van der Waals surface area contributed by atoms with Crippen molar-refractivity contribution in [2.75, 3.05) is 13.1 Å². The Morgan fingerprint density at radius 1 is 1.18 bits per heavy atom. The van der Waals surface area contributed by atoms with E-state index in [9.17, 15) is 0 Å². The van der Waals surface area contributed by atoms with Crippen LogP contribution in [0.25, 0.3) is 10.9 Å². The summed E-state index contributed by atoms with van der Waals surface area (Å²) in [7, 11) is 0. The Labute approximate surface area is 103 Å². The fourth-order valence-corrected chi connectivity index (χ4v) is 1.89. The number of hydrogen-bond donors (Lipinski definition) is 3. The van der Waals surface area contributed by atoms with Gasteiger partial charge < -0.3 is 15.6 Å². The van der Waals surface area contributed by atoms with Crippen molar-refractivity contribution >= 4 is 10.9 Å². The molecule has 1 aromatic heterocycles. The lowest BCUT2D eigenvalue weighted by Gasteiger charge is -2.09. The first kappa shape index (κ1) is 12.1. The van der Waals surface area contributed by atoms with E-state index < -0.39 is 0 Å². The van der Waals surface area contributed by atoms with Crippen LogP contribution in [0.4, 0.5) is 0 Å². The molecule has 92 valence electrons. The van der Waals surface area contributed by atoms with Crippen LogP contribution in [0.5, 0.6) is 0 Å². The zero-order valence-corrected chi connectivity index (χ0v) is 10.6. The molecule has 3 heteroatoms. The van der Waals surface area contributed by atoms with Gasteiger partial charge in [-0.2, -0.15) is 0 Å². The monoisotopic (exact) mass is 231 g/mol. The van der Waals surface area contributed by atoms with Crippen LogP contribution in [0.2, 0.25) is 0 Å². The molecule has 2 rings (SSSR count). The van der Waals surface area contributed by atoms with E-state index >= 15 is 0 Å². The molecule has 0 atom stereocenters. The third-order valence-electron chi connectivity index (χ3n) is 2.80. The summed E-state index contributed by atoms with van der Waals surface area (Å²) in [6.07, 6.45) is 1.98. The minimum atomic E-state index is 0.562. The molecule has 17 heavy (non-hydrogen) atoms. The van der Waals surface area contributed by atoms with Gasteiger partial charge in [0.25, 0.3) is 0 Å². The molecule has 1 aromatic carbocycles. The van der Waals surface area contributed by atoms with E-state index in [4.69, 9.17) is 0 Å². The second-order valence-corrected chi connectivity index (χ2v) is 4.68. The van der Waals surface area contributed by atoms with Gasteiger partial charge in [0.05, 0.1) is 0 Å². The van der Waals surface area contributed by atoms with Crippen LogP contribution in [0.1, 0.15) is 19.4 Å². The number of H-pyrrole nitrogens is 1. The second-order valence-electron chi connectivity index (χ2n) is 4.68. The summed E-state index contributed by atoms with van der Waals surface area (Å²) in [5, 5.41) is 8.10. The molecule has 0 fully saturated rings. The average Bonchev–Trinajstić information content (AvgIpc) is 2.75. The highest BCUT2D eigenvalue weighted by molar-refractivity contribution is 5.79. The number of rotatable bonds is 6. The lowest BCUT2D eigenvalue weighted by atomic mass is 10.1. The highest BCUT2D eigenvalue weighted by Gasteiger charge is 1.97. The largest absolute Gasteiger partial charge is 0.361 e. The minimum Gasteiger partial charge on any atom is -0.361 e. The predicted molar refractivity (Wildman–Crippen MR) is 73.1 cm³/mol. The zero-order chi connectivity index (χ0) is 12.1. The standard InChI is InChI=1S/C14H21N3/c1-11(2)16-8-7-15-10-12-3-4-13-5-6-17-14(13)9-12/h3-6,9,11,15-17H,7-8,10H2,1-2H3. The van der Waals surface area contributed by atoms with E-state index in [1.54, 1.807) is 0 Å². The van der Waals surface area contributed by atoms with E-state index in [1.165, 1.54) is 16.5 Å². The lowest BCUT2D eigenvalue weighted by molar-refractivity contribution is 0.556. The highest BCUT2D eigenvalue weighted by atomic mass is 15.0. The Bertz CT molecular complexity index is 459. The number of benzene rings is 1. The molecular weight excluding hydrogens is 210 g/mol. The summed E-state index contributed by atoms with van der Waals surface area (Å²) in [5.41, 5.74) is 2.54. The topological polar surface area (TPSA) is 39.8 Å². The molecule has 0 spiro atoms. The van der Waals surface area contributed by atoms with Crippen molar-refractivity contribution < 1.29 is 0 Å². The van der Waals surface area contributed by atoms with Gasteiger partial charge in [-0.15, -0.1) is 0 Å².